The SMILES string of the molecule is Cc1ccc(-n2c(=O)c(C(=O)Cl)cn(CCO)c2=O)cc1. The minimum Gasteiger partial charge on any atom is -0.395 e. The summed E-state index contributed by atoms with van der Waals surface area (Å²) in [6.07, 6.45) is 1.07. The average molecular weight is 309 g/mol. The van der Waals surface area contributed by atoms with Crippen LogP contribution in [-0.4, -0.2) is 26.1 Å². The monoisotopic (exact) mass is 308 g/mol. The zero-order valence-electron chi connectivity index (χ0n) is 11.2. The molecule has 0 unspecified atom stereocenters. The topological polar surface area (TPSA) is 81.3 Å². The fraction of sp³-hybridized carbons (Fsp3) is 0.214. The molecule has 0 spiro atoms. The number of aromatic nitrogens is 2. The highest BCUT2D eigenvalue weighted by Gasteiger charge is 2.16. The lowest BCUT2D eigenvalue weighted by Gasteiger charge is -2.11. The molecule has 2 aromatic rings. The second kappa shape index (κ2) is 6.07. The van der Waals surface area contributed by atoms with Gasteiger partial charge in [-0.3, -0.25) is 14.2 Å². The maximum Gasteiger partial charge on any atom is 0.335 e. The van der Waals surface area contributed by atoms with Gasteiger partial charge in [-0.15, -0.1) is 0 Å². The summed E-state index contributed by atoms with van der Waals surface area (Å²) < 4.78 is 1.95. The summed E-state index contributed by atoms with van der Waals surface area (Å²) in [5.41, 5.74) is -0.433. The number of carbonyl (C=O) groups is 1. The molecule has 0 bridgehead atoms. The highest BCUT2D eigenvalue weighted by molar-refractivity contribution is 6.67. The van der Waals surface area contributed by atoms with Crippen LogP contribution in [0, 0.1) is 6.92 Å². The molecule has 1 N–H and O–H groups in total. The second-order valence-electron chi connectivity index (χ2n) is 4.49. The zero-order valence-corrected chi connectivity index (χ0v) is 12.0. The first-order valence-electron chi connectivity index (χ1n) is 6.20. The van der Waals surface area contributed by atoms with Crippen molar-refractivity contribution in [3.05, 3.63) is 62.4 Å². The number of nitrogens with zero attached hydrogens (tertiary/aromatic N) is 2. The first-order chi connectivity index (χ1) is 9.95. The van der Waals surface area contributed by atoms with E-state index in [1.54, 1.807) is 24.3 Å². The van der Waals surface area contributed by atoms with E-state index >= 15 is 0 Å². The van der Waals surface area contributed by atoms with Crippen molar-refractivity contribution in [1.29, 1.82) is 0 Å². The van der Waals surface area contributed by atoms with Gasteiger partial charge in [0.25, 0.3) is 10.8 Å². The molecule has 1 aromatic heterocycles. The second-order valence-corrected chi connectivity index (χ2v) is 4.84. The van der Waals surface area contributed by atoms with Crippen LogP contribution < -0.4 is 11.2 Å². The van der Waals surface area contributed by atoms with Gasteiger partial charge < -0.3 is 5.11 Å². The Labute approximate surface area is 124 Å². The zero-order chi connectivity index (χ0) is 15.6. The van der Waals surface area contributed by atoms with Gasteiger partial charge >= 0.3 is 5.69 Å². The predicted octanol–water partition coefficient (Wildman–Crippen LogP) is 0.679. The van der Waals surface area contributed by atoms with Gasteiger partial charge in [0, 0.05) is 6.20 Å². The van der Waals surface area contributed by atoms with Gasteiger partial charge in [0.2, 0.25) is 0 Å². The van der Waals surface area contributed by atoms with Crippen LogP contribution in [0.15, 0.2) is 40.1 Å². The van der Waals surface area contributed by atoms with Crippen molar-refractivity contribution in [3.63, 3.8) is 0 Å². The minimum atomic E-state index is -0.951. The normalized spacial score (nSPS) is 10.6. The fourth-order valence-corrected chi connectivity index (χ4v) is 2.06. The highest BCUT2D eigenvalue weighted by Crippen LogP contribution is 2.06. The Morgan fingerprint density at radius 1 is 1.24 bits per heavy atom. The summed E-state index contributed by atoms with van der Waals surface area (Å²) in [7, 11) is 0. The molecular weight excluding hydrogens is 296 g/mol. The van der Waals surface area contributed by atoms with Crippen molar-refractivity contribution < 1.29 is 9.90 Å². The third kappa shape index (κ3) is 2.96. The average Bonchev–Trinajstić information content (AvgIpc) is 2.44. The number of hydrogen-bond donors (Lipinski definition) is 1. The molecule has 0 saturated carbocycles. The summed E-state index contributed by atoms with van der Waals surface area (Å²) in [5.74, 6) is 0. The number of halogens is 1. The quantitative estimate of drug-likeness (QED) is 0.842. The number of rotatable bonds is 4. The smallest absolute Gasteiger partial charge is 0.335 e. The number of hydrogen-bond acceptors (Lipinski definition) is 4. The summed E-state index contributed by atoms with van der Waals surface area (Å²) >= 11 is 5.39. The van der Waals surface area contributed by atoms with Gasteiger partial charge in [-0.05, 0) is 30.7 Å². The number of aryl methyl sites for hydroxylation is 1. The molecule has 1 aromatic carbocycles. The lowest BCUT2D eigenvalue weighted by molar-refractivity contribution is 0.107. The largest absolute Gasteiger partial charge is 0.395 e. The van der Waals surface area contributed by atoms with Gasteiger partial charge in [0.1, 0.15) is 5.56 Å². The van der Waals surface area contributed by atoms with E-state index in [0.717, 1.165) is 20.9 Å². The standard InChI is InChI=1S/C14H13ClN2O4/c1-9-2-4-10(5-3-9)17-13(20)11(12(15)19)8-16(6-7-18)14(17)21/h2-5,8,18H,6-7H2,1H3. The number of aliphatic hydroxyl groups is 1. The first kappa shape index (κ1) is 15.2. The van der Waals surface area contributed by atoms with Gasteiger partial charge in [0.15, 0.2) is 0 Å². The van der Waals surface area contributed by atoms with Crippen molar-refractivity contribution >= 4 is 16.8 Å². The van der Waals surface area contributed by atoms with E-state index in [2.05, 4.69) is 0 Å². The van der Waals surface area contributed by atoms with E-state index in [9.17, 15) is 14.4 Å². The third-order valence-corrected chi connectivity index (χ3v) is 3.20. The molecule has 0 aliphatic carbocycles. The maximum absolute atomic E-state index is 12.3. The van der Waals surface area contributed by atoms with Gasteiger partial charge in [-0.25, -0.2) is 9.36 Å². The maximum atomic E-state index is 12.3. The molecule has 0 aliphatic rings. The van der Waals surface area contributed by atoms with Crippen LogP contribution in [0.3, 0.4) is 0 Å². The van der Waals surface area contributed by atoms with Crippen molar-refractivity contribution in [1.82, 2.24) is 9.13 Å². The Balaban J connectivity index is 2.80. The van der Waals surface area contributed by atoms with Crippen molar-refractivity contribution in [2.24, 2.45) is 0 Å². The Morgan fingerprint density at radius 2 is 1.86 bits per heavy atom. The number of benzene rings is 1. The molecule has 1 heterocycles. The molecule has 0 fully saturated rings. The first-order valence-corrected chi connectivity index (χ1v) is 6.57. The summed E-state index contributed by atoms with van der Waals surface area (Å²) in [5, 5.41) is 8.02. The van der Waals surface area contributed by atoms with E-state index < -0.39 is 16.5 Å². The molecule has 0 radical (unpaired) electrons. The van der Waals surface area contributed by atoms with Crippen LogP contribution in [0.1, 0.15) is 15.9 Å². The lowest BCUT2D eigenvalue weighted by atomic mass is 10.2. The molecule has 0 aliphatic heterocycles. The number of aliphatic hydroxyl groups excluding tert-OH is 1. The summed E-state index contributed by atoms with van der Waals surface area (Å²) in [6.45, 7) is 1.53. The Morgan fingerprint density at radius 3 is 2.38 bits per heavy atom. The van der Waals surface area contributed by atoms with Crippen LogP contribution >= 0.6 is 11.6 Å². The molecule has 21 heavy (non-hydrogen) atoms. The van der Waals surface area contributed by atoms with E-state index in [1.165, 1.54) is 0 Å². The Bertz CT molecular complexity index is 790. The van der Waals surface area contributed by atoms with E-state index in [0.29, 0.717) is 5.69 Å². The molecule has 7 heteroatoms. The lowest BCUT2D eigenvalue weighted by Crippen LogP contribution is -2.41. The van der Waals surface area contributed by atoms with Crippen LogP contribution in [0.4, 0.5) is 0 Å². The van der Waals surface area contributed by atoms with Gasteiger partial charge in [-0.2, -0.15) is 0 Å². The summed E-state index contributed by atoms with van der Waals surface area (Å²) in [6, 6.07) is 6.69. The highest BCUT2D eigenvalue weighted by atomic mass is 35.5. The van der Waals surface area contributed by atoms with Crippen LogP contribution in [-0.2, 0) is 6.54 Å². The van der Waals surface area contributed by atoms with Crippen molar-refractivity contribution in [3.8, 4) is 5.69 Å². The van der Waals surface area contributed by atoms with E-state index in [4.69, 9.17) is 16.7 Å². The molecule has 0 amide bonds. The van der Waals surface area contributed by atoms with E-state index in [-0.39, 0.29) is 18.7 Å². The van der Waals surface area contributed by atoms with Crippen LogP contribution in [0.2, 0.25) is 0 Å². The molecule has 110 valence electrons. The van der Waals surface area contributed by atoms with E-state index in [1.807, 2.05) is 6.92 Å². The Hall–Kier alpha value is -2.18. The van der Waals surface area contributed by atoms with Crippen LogP contribution in [0.5, 0.6) is 0 Å². The minimum absolute atomic E-state index is 0.0395. The molecule has 0 atom stereocenters. The van der Waals surface area contributed by atoms with Crippen LogP contribution in [0.25, 0.3) is 5.69 Å². The third-order valence-electron chi connectivity index (χ3n) is 3.00. The molecule has 2 rings (SSSR count). The molecule has 0 saturated heterocycles. The van der Waals surface area contributed by atoms with Crippen molar-refractivity contribution in [2.45, 2.75) is 13.5 Å². The molecule has 6 nitrogen and oxygen atoms in total. The van der Waals surface area contributed by atoms with Gasteiger partial charge in [-0.1, -0.05) is 17.7 Å². The predicted molar refractivity (Wildman–Crippen MR) is 78.3 cm³/mol. The Kier molecular flexibility index (Phi) is 4.40. The summed E-state index contributed by atoms with van der Waals surface area (Å²) in [4.78, 5) is 35.9. The number of carbonyl (C=O) groups excluding carboxylic acids is 1. The van der Waals surface area contributed by atoms with Gasteiger partial charge in [0.05, 0.1) is 18.8 Å². The fourth-order valence-electron chi connectivity index (χ4n) is 1.93. The van der Waals surface area contributed by atoms with Crippen molar-refractivity contribution in [2.75, 3.05) is 6.61 Å². The molecular formula is C14H13ClN2O4.